The third kappa shape index (κ3) is 6.52. The molecule has 1 amide bonds. The molecule has 1 aromatic carbocycles. The van der Waals surface area contributed by atoms with Crippen molar-refractivity contribution in [2.24, 2.45) is 5.92 Å². The van der Waals surface area contributed by atoms with Gasteiger partial charge in [0.05, 0.1) is 11.7 Å². The minimum atomic E-state index is 0.156. The Balaban J connectivity index is 0.000000917. The molecule has 3 heterocycles. The standard InChI is InChI=1S/C26H32BrN3O2.C3H8/c1-18-2-5-23-20(14-18)3-4-21-16-22(27)17-28-25(21)26(23)30-10-8-29(9-11-30)24(31)15-19-6-12-32-13-7-19;1-3-2/h2,5,14,16-17,19,26H,3-4,6-13,15H2,1H3;3H2,1-2H3/t26-;/m1./s1. The minimum Gasteiger partial charge on any atom is -0.381 e. The molecule has 3 aliphatic rings. The Bertz CT molecular complexity index is 944. The highest BCUT2D eigenvalue weighted by Gasteiger charge is 2.33. The lowest BCUT2D eigenvalue weighted by molar-refractivity contribution is -0.134. The van der Waals surface area contributed by atoms with Gasteiger partial charge in [-0.1, -0.05) is 44.0 Å². The number of aryl methyl sites for hydroxylation is 3. The molecule has 2 fully saturated rings. The quantitative estimate of drug-likeness (QED) is 0.498. The highest BCUT2D eigenvalue weighted by Crippen LogP contribution is 2.37. The Morgan fingerprint density at radius 3 is 2.46 bits per heavy atom. The first kappa shape index (κ1) is 26.3. The van der Waals surface area contributed by atoms with Gasteiger partial charge in [-0.05, 0) is 77.2 Å². The van der Waals surface area contributed by atoms with Crippen LogP contribution in [0.15, 0.2) is 34.9 Å². The molecule has 5 rings (SSSR count). The van der Waals surface area contributed by atoms with Crippen LogP contribution in [0.25, 0.3) is 0 Å². The molecule has 2 aliphatic heterocycles. The molecular formula is C29H40BrN3O2. The van der Waals surface area contributed by atoms with E-state index in [1.165, 1.54) is 34.4 Å². The maximum atomic E-state index is 12.9. The lowest BCUT2D eigenvalue weighted by atomic mass is 9.94. The number of piperazine rings is 1. The number of amides is 1. The van der Waals surface area contributed by atoms with E-state index in [9.17, 15) is 4.79 Å². The summed E-state index contributed by atoms with van der Waals surface area (Å²) in [7, 11) is 0. The fourth-order valence-electron chi connectivity index (χ4n) is 5.50. The topological polar surface area (TPSA) is 45.7 Å². The van der Waals surface area contributed by atoms with Gasteiger partial charge in [0, 0.05) is 56.5 Å². The van der Waals surface area contributed by atoms with E-state index in [4.69, 9.17) is 9.72 Å². The summed E-state index contributed by atoms with van der Waals surface area (Å²) < 4.78 is 6.49. The normalized spacial score (nSPS) is 20.8. The highest BCUT2D eigenvalue weighted by atomic mass is 79.9. The molecule has 1 atom stereocenters. The summed E-state index contributed by atoms with van der Waals surface area (Å²) in [5.74, 6) is 0.802. The molecule has 0 radical (unpaired) electrons. The van der Waals surface area contributed by atoms with Crippen LogP contribution in [0.2, 0.25) is 0 Å². The summed E-state index contributed by atoms with van der Waals surface area (Å²) in [5.41, 5.74) is 6.63. The molecule has 0 N–H and O–H groups in total. The highest BCUT2D eigenvalue weighted by molar-refractivity contribution is 9.10. The molecule has 6 heteroatoms. The predicted molar refractivity (Wildman–Crippen MR) is 145 cm³/mol. The van der Waals surface area contributed by atoms with Crippen molar-refractivity contribution < 1.29 is 9.53 Å². The average molecular weight is 543 g/mol. The van der Waals surface area contributed by atoms with E-state index in [2.05, 4.69) is 70.8 Å². The number of halogens is 1. The number of hydrogen-bond acceptors (Lipinski definition) is 4. The number of hydrogen-bond donors (Lipinski definition) is 0. The van der Waals surface area contributed by atoms with Crippen LogP contribution in [-0.4, -0.2) is 60.1 Å². The van der Waals surface area contributed by atoms with Crippen molar-refractivity contribution in [1.82, 2.24) is 14.8 Å². The molecule has 0 saturated carbocycles. The SMILES string of the molecule is CCC.Cc1ccc2c(c1)CCc1cc(Br)cnc1[C@@H]2N1CCN(C(=O)CC2CCOCC2)CC1. The summed E-state index contributed by atoms with van der Waals surface area (Å²) in [5, 5.41) is 0. The van der Waals surface area contributed by atoms with Crippen molar-refractivity contribution in [2.45, 2.75) is 65.3 Å². The number of aromatic nitrogens is 1. The fraction of sp³-hybridized carbons (Fsp3) is 0.586. The third-order valence-electron chi connectivity index (χ3n) is 7.32. The van der Waals surface area contributed by atoms with Gasteiger partial charge in [0.2, 0.25) is 5.91 Å². The summed E-state index contributed by atoms with van der Waals surface area (Å²) in [6.45, 7) is 11.4. The second-order valence-electron chi connectivity index (χ2n) is 10.2. The Kier molecular flexibility index (Phi) is 9.37. The zero-order valence-corrected chi connectivity index (χ0v) is 23.1. The Morgan fingerprint density at radius 1 is 1.06 bits per heavy atom. The van der Waals surface area contributed by atoms with Gasteiger partial charge >= 0.3 is 0 Å². The van der Waals surface area contributed by atoms with Crippen molar-refractivity contribution in [2.75, 3.05) is 39.4 Å². The number of ether oxygens (including phenoxy) is 1. The fourth-order valence-corrected chi connectivity index (χ4v) is 5.88. The number of pyridine rings is 1. The van der Waals surface area contributed by atoms with Gasteiger partial charge in [0.15, 0.2) is 0 Å². The lowest BCUT2D eigenvalue weighted by Crippen LogP contribution is -2.50. The lowest BCUT2D eigenvalue weighted by Gasteiger charge is -2.40. The number of fused-ring (bicyclic) bond motifs is 2. The second-order valence-corrected chi connectivity index (χ2v) is 11.1. The molecule has 5 nitrogen and oxygen atoms in total. The van der Waals surface area contributed by atoms with Crippen molar-refractivity contribution in [1.29, 1.82) is 0 Å². The van der Waals surface area contributed by atoms with Gasteiger partial charge < -0.3 is 9.64 Å². The zero-order chi connectivity index (χ0) is 24.8. The van der Waals surface area contributed by atoms with E-state index in [-0.39, 0.29) is 6.04 Å². The summed E-state index contributed by atoms with van der Waals surface area (Å²) in [4.78, 5) is 22.4. The van der Waals surface area contributed by atoms with Crippen LogP contribution < -0.4 is 0 Å². The molecule has 35 heavy (non-hydrogen) atoms. The van der Waals surface area contributed by atoms with E-state index in [0.717, 1.165) is 69.5 Å². The van der Waals surface area contributed by atoms with Crippen molar-refractivity contribution in [3.05, 3.63) is 62.9 Å². The van der Waals surface area contributed by atoms with Crippen LogP contribution >= 0.6 is 15.9 Å². The van der Waals surface area contributed by atoms with Crippen molar-refractivity contribution >= 4 is 21.8 Å². The molecular weight excluding hydrogens is 502 g/mol. The number of rotatable bonds is 3. The van der Waals surface area contributed by atoms with E-state index in [0.29, 0.717) is 18.2 Å². The molecule has 2 aromatic rings. The van der Waals surface area contributed by atoms with Gasteiger partial charge in [0.25, 0.3) is 0 Å². The van der Waals surface area contributed by atoms with E-state index >= 15 is 0 Å². The molecule has 0 spiro atoms. The number of carbonyl (C=O) groups excluding carboxylic acids is 1. The van der Waals surface area contributed by atoms with E-state index in [1.807, 2.05) is 6.20 Å². The average Bonchev–Trinajstić information content (AvgIpc) is 3.01. The monoisotopic (exact) mass is 541 g/mol. The van der Waals surface area contributed by atoms with Gasteiger partial charge in [-0.15, -0.1) is 0 Å². The molecule has 2 saturated heterocycles. The van der Waals surface area contributed by atoms with Crippen molar-refractivity contribution in [3.8, 4) is 0 Å². The third-order valence-corrected chi connectivity index (χ3v) is 7.75. The summed E-state index contributed by atoms with van der Waals surface area (Å²) in [6.07, 6.45) is 7.94. The predicted octanol–water partition coefficient (Wildman–Crippen LogP) is 5.72. The largest absolute Gasteiger partial charge is 0.381 e. The Labute approximate surface area is 219 Å². The van der Waals surface area contributed by atoms with Gasteiger partial charge in [0.1, 0.15) is 0 Å². The maximum Gasteiger partial charge on any atom is 0.222 e. The van der Waals surface area contributed by atoms with Gasteiger partial charge in [-0.25, -0.2) is 0 Å². The Morgan fingerprint density at radius 2 is 1.74 bits per heavy atom. The first-order valence-electron chi connectivity index (χ1n) is 13.3. The van der Waals surface area contributed by atoms with Crippen LogP contribution in [0.3, 0.4) is 0 Å². The van der Waals surface area contributed by atoms with Crippen LogP contribution in [0, 0.1) is 12.8 Å². The van der Waals surface area contributed by atoms with E-state index < -0.39 is 0 Å². The minimum absolute atomic E-state index is 0.156. The zero-order valence-electron chi connectivity index (χ0n) is 21.6. The first-order chi connectivity index (χ1) is 17.0. The van der Waals surface area contributed by atoms with Crippen LogP contribution in [-0.2, 0) is 22.4 Å². The second kappa shape index (κ2) is 12.5. The van der Waals surface area contributed by atoms with Gasteiger partial charge in [-0.2, -0.15) is 0 Å². The first-order valence-corrected chi connectivity index (χ1v) is 14.1. The van der Waals surface area contributed by atoms with Crippen LogP contribution in [0.1, 0.15) is 73.5 Å². The van der Waals surface area contributed by atoms with Crippen LogP contribution in [0.5, 0.6) is 0 Å². The number of nitrogens with zero attached hydrogens (tertiary/aromatic N) is 3. The van der Waals surface area contributed by atoms with E-state index in [1.54, 1.807) is 0 Å². The molecule has 1 aromatic heterocycles. The molecule has 190 valence electrons. The molecule has 1 aliphatic carbocycles. The molecule has 0 unspecified atom stereocenters. The Hall–Kier alpha value is -1.76. The maximum absolute atomic E-state index is 12.9. The van der Waals surface area contributed by atoms with Crippen LogP contribution in [0.4, 0.5) is 0 Å². The van der Waals surface area contributed by atoms with Gasteiger partial charge in [-0.3, -0.25) is 14.7 Å². The smallest absolute Gasteiger partial charge is 0.222 e. The molecule has 0 bridgehead atoms. The number of benzene rings is 1. The summed E-state index contributed by atoms with van der Waals surface area (Å²) in [6, 6.07) is 9.27. The summed E-state index contributed by atoms with van der Waals surface area (Å²) >= 11 is 3.61. The number of carbonyl (C=O) groups is 1. The van der Waals surface area contributed by atoms with Crippen molar-refractivity contribution in [3.63, 3.8) is 0 Å².